The van der Waals surface area contributed by atoms with Crippen LogP contribution in [0.2, 0.25) is 0 Å². The van der Waals surface area contributed by atoms with Gasteiger partial charge >= 0.3 is 0 Å². The van der Waals surface area contributed by atoms with Gasteiger partial charge in [0, 0.05) is 23.9 Å². The van der Waals surface area contributed by atoms with Gasteiger partial charge < -0.3 is 4.90 Å². The number of fused-ring (bicyclic) bond motifs is 2. The largest absolute Gasteiger partial charge is 0.367 e. The first-order valence-corrected chi connectivity index (χ1v) is 10.1. The Morgan fingerprint density at radius 3 is 2.23 bits per heavy atom. The lowest BCUT2D eigenvalue weighted by molar-refractivity contribution is 0.0645. The molecular weight excluding hydrogens is 393 g/mol. The molecule has 0 aromatic heterocycles. The van der Waals surface area contributed by atoms with Crippen molar-refractivity contribution in [3.05, 3.63) is 101 Å². The number of rotatable bonds is 3. The van der Waals surface area contributed by atoms with Crippen molar-refractivity contribution in [2.45, 2.75) is 6.04 Å². The number of hydrogen-bond donors (Lipinski definition) is 0. The van der Waals surface area contributed by atoms with Crippen LogP contribution >= 0.6 is 0 Å². The summed E-state index contributed by atoms with van der Waals surface area (Å²) >= 11 is 0. The first-order valence-electron chi connectivity index (χ1n) is 10.1. The Bertz CT molecular complexity index is 1190. The number of likely N-dealkylation sites (N-methyl/N-ethyl adjacent to an activating group) is 1. The molecule has 0 saturated carbocycles. The van der Waals surface area contributed by atoms with Gasteiger partial charge in [-0.1, -0.05) is 42.5 Å². The zero-order valence-corrected chi connectivity index (χ0v) is 17.0. The van der Waals surface area contributed by atoms with E-state index in [2.05, 4.69) is 0 Å². The van der Waals surface area contributed by atoms with E-state index in [0.29, 0.717) is 23.4 Å². The van der Waals surface area contributed by atoms with Gasteiger partial charge in [-0.2, -0.15) is 0 Å². The Hall–Kier alpha value is -3.80. The Labute approximate surface area is 179 Å². The first kappa shape index (κ1) is 19.2. The molecule has 3 aromatic rings. The number of nitrogens with zero attached hydrogens (tertiary/aromatic N) is 3. The molecule has 2 amide bonds. The average Bonchev–Trinajstić information content (AvgIpc) is 2.95. The molecule has 1 unspecified atom stereocenters. The second-order valence-electron chi connectivity index (χ2n) is 7.75. The fourth-order valence-electron chi connectivity index (χ4n) is 4.24. The van der Waals surface area contributed by atoms with Crippen LogP contribution in [-0.4, -0.2) is 48.6 Å². The average molecular weight is 413 g/mol. The predicted octanol–water partition coefficient (Wildman–Crippen LogP) is 3.78. The van der Waals surface area contributed by atoms with Crippen molar-refractivity contribution in [1.82, 2.24) is 4.90 Å². The molecule has 0 spiro atoms. The van der Waals surface area contributed by atoms with Gasteiger partial charge in [-0.25, -0.2) is 4.39 Å². The maximum atomic E-state index is 14.2. The molecule has 0 saturated heterocycles. The molecule has 0 fully saturated rings. The summed E-state index contributed by atoms with van der Waals surface area (Å²) in [5, 5.41) is 0. The molecular formula is C25H20FN3O2. The Morgan fingerprint density at radius 2 is 1.55 bits per heavy atom. The van der Waals surface area contributed by atoms with E-state index in [1.807, 2.05) is 42.3 Å². The van der Waals surface area contributed by atoms with Gasteiger partial charge in [0.15, 0.2) is 0 Å². The molecule has 0 bridgehead atoms. The Kier molecular flexibility index (Phi) is 4.62. The van der Waals surface area contributed by atoms with Gasteiger partial charge in [-0.15, -0.1) is 0 Å². The third-order valence-corrected chi connectivity index (χ3v) is 5.92. The molecule has 6 heteroatoms. The van der Waals surface area contributed by atoms with Gasteiger partial charge in [0.2, 0.25) is 0 Å². The summed E-state index contributed by atoms with van der Waals surface area (Å²) in [7, 11) is 1.85. The van der Waals surface area contributed by atoms with Crippen molar-refractivity contribution >= 4 is 23.2 Å². The van der Waals surface area contributed by atoms with Crippen molar-refractivity contribution in [2.24, 2.45) is 4.99 Å². The van der Waals surface area contributed by atoms with E-state index < -0.39 is 0 Å². The van der Waals surface area contributed by atoms with Gasteiger partial charge in [0.1, 0.15) is 5.82 Å². The highest BCUT2D eigenvalue weighted by molar-refractivity contribution is 6.21. The number of halogens is 1. The van der Waals surface area contributed by atoms with Gasteiger partial charge in [0.25, 0.3) is 11.8 Å². The highest BCUT2D eigenvalue weighted by Gasteiger charge is 2.38. The monoisotopic (exact) mass is 413 g/mol. The van der Waals surface area contributed by atoms with Gasteiger partial charge in [0.05, 0.1) is 36.0 Å². The summed E-state index contributed by atoms with van der Waals surface area (Å²) in [6.45, 7) is 0.537. The fourth-order valence-corrected chi connectivity index (χ4v) is 4.24. The zero-order valence-electron chi connectivity index (χ0n) is 17.0. The molecule has 1 atom stereocenters. The van der Waals surface area contributed by atoms with Crippen LogP contribution < -0.4 is 4.90 Å². The van der Waals surface area contributed by atoms with Crippen LogP contribution in [0.15, 0.2) is 77.8 Å². The maximum Gasteiger partial charge on any atom is 0.261 e. The normalized spacial score (nSPS) is 17.9. The number of carbonyl (C=O) groups is 2. The maximum absolute atomic E-state index is 14.2. The summed E-state index contributed by atoms with van der Waals surface area (Å²) in [5.74, 6) is -0.950. The molecule has 2 aliphatic heterocycles. The molecule has 31 heavy (non-hydrogen) atoms. The topological polar surface area (TPSA) is 53.0 Å². The van der Waals surface area contributed by atoms with E-state index in [9.17, 15) is 14.0 Å². The van der Waals surface area contributed by atoms with Crippen LogP contribution in [0.1, 0.15) is 31.8 Å². The smallest absolute Gasteiger partial charge is 0.261 e. The molecule has 5 rings (SSSR count). The number of benzene rings is 3. The lowest BCUT2D eigenvalue weighted by Crippen LogP contribution is -2.46. The summed E-state index contributed by atoms with van der Waals surface area (Å²) in [6, 6.07) is 20.9. The minimum absolute atomic E-state index is 0.171. The highest BCUT2D eigenvalue weighted by atomic mass is 19.1. The Morgan fingerprint density at radius 1 is 0.903 bits per heavy atom. The van der Waals surface area contributed by atoms with Crippen LogP contribution in [0.5, 0.6) is 0 Å². The standard InChI is InChI=1S/C25H20FN3O2/c1-28-18(15-29-24(30)19-9-5-6-10-20(19)25(29)31)14-27-23(16-7-3-2-4-8-16)21-12-11-17(26)13-22(21)28/h2-13,18H,14-15H2,1H3. The fraction of sp³-hybridized carbons (Fsp3) is 0.160. The van der Waals surface area contributed by atoms with E-state index in [0.717, 1.165) is 16.8 Å². The lowest BCUT2D eigenvalue weighted by Gasteiger charge is -2.31. The highest BCUT2D eigenvalue weighted by Crippen LogP contribution is 2.30. The summed E-state index contributed by atoms with van der Waals surface area (Å²) in [4.78, 5) is 33.7. The second-order valence-corrected chi connectivity index (χ2v) is 7.75. The molecule has 0 radical (unpaired) electrons. The van der Waals surface area contributed by atoms with Crippen LogP contribution in [0.4, 0.5) is 10.1 Å². The molecule has 2 aliphatic rings. The first-order chi connectivity index (χ1) is 15.0. The number of amides is 2. The van der Waals surface area contributed by atoms with E-state index in [1.54, 1.807) is 30.3 Å². The lowest BCUT2D eigenvalue weighted by atomic mass is 10.00. The molecule has 5 nitrogen and oxygen atoms in total. The van der Waals surface area contributed by atoms with Crippen molar-refractivity contribution < 1.29 is 14.0 Å². The summed E-state index contributed by atoms with van der Waals surface area (Å²) in [5.41, 5.74) is 4.05. The third-order valence-electron chi connectivity index (χ3n) is 5.92. The predicted molar refractivity (Wildman–Crippen MR) is 117 cm³/mol. The third kappa shape index (κ3) is 3.20. The quantitative estimate of drug-likeness (QED) is 0.614. The number of imide groups is 1. The number of carbonyl (C=O) groups excluding carboxylic acids is 2. The van der Waals surface area contributed by atoms with Crippen molar-refractivity contribution in [1.29, 1.82) is 0 Å². The van der Waals surface area contributed by atoms with Crippen molar-refractivity contribution in [3.8, 4) is 0 Å². The zero-order chi connectivity index (χ0) is 21.5. The minimum atomic E-state index is -0.348. The molecule has 3 aromatic carbocycles. The number of hydrogen-bond acceptors (Lipinski definition) is 4. The summed E-state index contributed by atoms with van der Waals surface area (Å²) < 4.78 is 14.2. The van der Waals surface area contributed by atoms with Crippen LogP contribution in [0.3, 0.4) is 0 Å². The van der Waals surface area contributed by atoms with E-state index in [-0.39, 0.29) is 30.2 Å². The number of anilines is 1. The molecule has 2 heterocycles. The Balaban J connectivity index is 1.53. The van der Waals surface area contributed by atoms with Crippen LogP contribution in [0.25, 0.3) is 0 Å². The van der Waals surface area contributed by atoms with Crippen LogP contribution in [0, 0.1) is 5.82 Å². The van der Waals surface area contributed by atoms with E-state index in [1.165, 1.54) is 17.0 Å². The molecule has 0 N–H and O–H groups in total. The minimum Gasteiger partial charge on any atom is -0.367 e. The van der Waals surface area contributed by atoms with Gasteiger partial charge in [-0.3, -0.25) is 19.5 Å². The summed E-state index contributed by atoms with van der Waals surface area (Å²) in [6.07, 6.45) is 0. The van der Waals surface area contributed by atoms with E-state index in [4.69, 9.17) is 4.99 Å². The van der Waals surface area contributed by atoms with Crippen molar-refractivity contribution in [3.63, 3.8) is 0 Å². The second kappa shape index (κ2) is 7.47. The SMILES string of the molecule is CN1c2cc(F)ccc2C(c2ccccc2)=NCC1CN1C(=O)c2ccccc2C1=O. The molecule has 154 valence electrons. The number of benzodiazepines with no additional fused rings is 1. The van der Waals surface area contributed by atoms with Gasteiger partial charge in [-0.05, 0) is 30.3 Å². The van der Waals surface area contributed by atoms with Crippen LogP contribution in [-0.2, 0) is 0 Å². The number of aliphatic imine (C=N–C) groups is 1. The molecule has 0 aliphatic carbocycles. The van der Waals surface area contributed by atoms with Crippen molar-refractivity contribution in [2.75, 3.05) is 25.0 Å². The van der Waals surface area contributed by atoms with E-state index >= 15 is 0 Å².